The molecule has 1 aliphatic rings. The molecule has 5 heteroatoms. The average Bonchev–Trinajstić information content (AvgIpc) is 3.08. The lowest BCUT2D eigenvalue weighted by molar-refractivity contribution is 0.654. The fraction of sp³-hybridized carbons (Fsp3) is 0.333. The molecule has 1 aliphatic heterocycles. The first-order valence-electron chi connectivity index (χ1n) is 7.90. The van der Waals surface area contributed by atoms with Crippen molar-refractivity contribution >= 4 is 27.2 Å². The van der Waals surface area contributed by atoms with E-state index in [-0.39, 0.29) is 11.6 Å². The molecule has 23 heavy (non-hydrogen) atoms. The molecule has 3 aromatic rings. The van der Waals surface area contributed by atoms with Crippen LogP contribution < -0.4 is 10.5 Å². The van der Waals surface area contributed by atoms with Crippen LogP contribution in [-0.2, 0) is 6.42 Å². The van der Waals surface area contributed by atoms with Crippen molar-refractivity contribution in [2.24, 2.45) is 0 Å². The van der Waals surface area contributed by atoms with Crippen LogP contribution in [0.4, 0.5) is 5.69 Å². The number of aromatic nitrogens is 2. The first-order chi connectivity index (χ1) is 11.1. The maximum absolute atomic E-state index is 12.5. The van der Waals surface area contributed by atoms with Crippen molar-refractivity contribution in [1.82, 2.24) is 9.97 Å². The van der Waals surface area contributed by atoms with Crippen LogP contribution in [0.1, 0.15) is 34.8 Å². The molecule has 1 atom stereocenters. The summed E-state index contributed by atoms with van der Waals surface area (Å²) in [6.07, 6.45) is 1.05. The van der Waals surface area contributed by atoms with Crippen molar-refractivity contribution in [2.75, 3.05) is 11.4 Å². The van der Waals surface area contributed by atoms with Crippen LogP contribution in [0.2, 0.25) is 0 Å². The van der Waals surface area contributed by atoms with Gasteiger partial charge in [0.25, 0.3) is 5.56 Å². The second kappa shape index (κ2) is 5.20. The van der Waals surface area contributed by atoms with Gasteiger partial charge in [0.2, 0.25) is 0 Å². The normalized spacial score (nSPS) is 15.2. The van der Waals surface area contributed by atoms with E-state index >= 15 is 0 Å². The molecule has 0 aliphatic carbocycles. The number of anilines is 1. The minimum Gasteiger partial charge on any atom is -0.361 e. The van der Waals surface area contributed by atoms with Gasteiger partial charge in [0.1, 0.15) is 10.7 Å². The third kappa shape index (κ3) is 2.18. The van der Waals surface area contributed by atoms with E-state index in [4.69, 9.17) is 4.98 Å². The zero-order valence-electron chi connectivity index (χ0n) is 13.5. The highest BCUT2D eigenvalue weighted by Crippen LogP contribution is 2.34. The molecule has 1 N–H and O–H groups in total. The Morgan fingerprint density at radius 2 is 2.09 bits per heavy atom. The fourth-order valence-corrected chi connectivity index (χ4v) is 4.42. The Hall–Kier alpha value is -2.14. The van der Waals surface area contributed by atoms with Gasteiger partial charge in [0.05, 0.1) is 11.4 Å². The molecule has 0 unspecified atom stereocenters. The van der Waals surface area contributed by atoms with Crippen molar-refractivity contribution < 1.29 is 0 Å². The number of benzene rings is 1. The Morgan fingerprint density at radius 1 is 1.30 bits per heavy atom. The summed E-state index contributed by atoms with van der Waals surface area (Å²) in [6.45, 7) is 7.11. The smallest absolute Gasteiger partial charge is 0.259 e. The van der Waals surface area contributed by atoms with Crippen molar-refractivity contribution in [3.8, 4) is 0 Å². The minimum absolute atomic E-state index is 0.0221. The maximum atomic E-state index is 12.5. The second-order valence-corrected chi connectivity index (χ2v) is 7.37. The lowest BCUT2D eigenvalue weighted by Gasteiger charge is -2.26. The molecule has 0 fully saturated rings. The van der Waals surface area contributed by atoms with Crippen LogP contribution in [-0.4, -0.2) is 16.5 Å². The van der Waals surface area contributed by atoms with Crippen molar-refractivity contribution in [2.45, 2.75) is 33.2 Å². The first-order valence-corrected chi connectivity index (χ1v) is 8.72. The number of rotatable bonds is 2. The van der Waals surface area contributed by atoms with Gasteiger partial charge in [-0.25, -0.2) is 4.98 Å². The van der Waals surface area contributed by atoms with Crippen LogP contribution in [0, 0.1) is 13.8 Å². The topological polar surface area (TPSA) is 49.0 Å². The summed E-state index contributed by atoms with van der Waals surface area (Å²) >= 11 is 1.60. The number of H-pyrrole nitrogens is 1. The average molecular weight is 325 g/mol. The molecule has 2 aromatic heterocycles. The number of thiophene rings is 1. The zero-order chi connectivity index (χ0) is 16.1. The number of hydrogen-bond donors (Lipinski definition) is 1. The monoisotopic (exact) mass is 325 g/mol. The number of hydrogen-bond acceptors (Lipinski definition) is 4. The van der Waals surface area contributed by atoms with Gasteiger partial charge >= 0.3 is 0 Å². The quantitative estimate of drug-likeness (QED) is 0.781. The van der Waals surface area contributed by atoms with Gasteiger partial charge in [-0.15, -0.1) is 11.3 Å². The maximum Gasteiger partial charge on any atom is 0.259 e. The summed E-state index contributed by atoms with van der Waals surface area (Å²) in [5, 5.41) is 0.741. The van der Waals surface area contributed by atoms with Gasteiger partial charge in [-0.05, 0) is 44.4 Å². The third-order valence-corrected chi connectivity index (χ3v) is 5.94. The lowest BCUT2D eigenvalue weighted by Crippen LogP contribution is -2.27. The number of aryl methyl sites for hydroxylation is 2. The van der Waals surface area contributed by atoms with E-state index in [0.717, 1.165) is 39.4 Å². The molecular weight excluding hydrogens is 306 g/mol. The highest BCUT2D eigenvalue weighted by Gasteiger charge is 2.26. The molecule has 0 spiro atoms. The van der Waals surface area contributed by atoms with Gasteiger partial charge in [0, 0.05) is 17.1 Å². The standard InChI is InChI=1S/C18H19N3OS/c1-10-12(3)23-18-15(10)17(22)19-16(20-18)11(2)21-9-8-13-6-4-5-7-14(13)21/h4-7,11H,8-9H2,1-3H3,(H,19,20,22)/t11-/m1/s1. The second-order valence-electron chi connectivity index (χ2n) is 6.16. The van der Waals surface area contributed by atoms with Crippen LogP contribution >= 0.6 is 11.3 Å². The molecule has 0 amide bonds. The van der Waals surface area contributed by atoms with Gasteiger partial charge in [-0.2, -0.15) is 0 Å². The molecule has 1 aromatic carbocycles. The van der Waals surface area contributed by atoms with E-state index in [1.54, 1.807) is 11.3 Å². The van der Waals surface area contributed by atoms with Gasteiger partial charge in [-0.3, -0.25) is 4.79 Å². The summed E-state index contributed by atoms with van der Waals surface area (Å²) in [4.78, 5) is 24.6. The van der Waals surface area contributed by atoms with Crippen molar-refractivity contribution in [3.05, 3.63) is 56.4 Å². The fourth-order valence-electron chi connectivity index (χ4n) is 3.38. The molecule has 0 saturated heterocycles. The number of fused-ring (bicyclic) bond motifs is 2. The van der Waals surface area contributed by atoms with Gasteiger partial charge in [-0.1, -0.05) is 18.2 Å². The molecule has 118 valence electrons. The predicted octanol–water partition coefficient (Wildman–Crippen LogP) is 3.73. The summed E-state index contributed by atoms with van der Waals surface area (Å²) in [6, 6.07) is 8.52. The summed E-state index contributed by atoms with van der Waals surface area (Å²) in [7, 11) is 0. The molecule has 3 heterocycles. The highest BCUT2D eigenvalue weighted by molar-refractivity contribution is 7.18. The van der Waals surface area contributed by atoms with Crippen LogP contribution in [0.15, 0.2) is 29.1 Å². The predicted molar refractivity (Wildman–Crippen MR) is 95.6 cm³/mol. The molecule has 0 radical (unpaired) electrons. The van der Waals surface area contributed by atoms with E-state index in [1.165, 1.54) is 11.3 Å². The van der Waals surface area contributed by atoms with Gasteiger partial charge < -0.3 is 9.88 Å². The Kier molecular flexibility index (Phi) is 3.27. The number of nitrogens with zero attached hydrogens (tertiary/aromatic N) is 2. The molecular formula is C18H19N3OS. The Bertz CT molecular complexity index is 957. The number of aromatic amines is 1. The first kappa shape index (κ1) is 14.5. The van der Waals surface area contributed by atoms with E-state index in [1.807, 2.05) is 13.8 Å². The van der Waals surface area contributed by atoms with Crippen LogP contribution in [0.3, 0.4) is 0 Å². The Labute approximate surface area is 138 Å². The minimum atomic E-state index is -0.0221. The largest absolute Gasteiger partial charge is 0.361 e. The highest BCUT2D eigenvalue weighted by atomic mass is 32.1. The summed E-state index contributed by atoms with van der Waals surface area (Å²) in [5.74, 6) is 0.750. The van der Waals surface area contributed by atoms with E-state index < -0.39 is 0 Å². The summed E-state index contributed by atoms with van der Waals surface area (Å²) in [5.41, 5.74) is 3.64. The van der Waals surface area contributed by atoms with Crippen molar-refractivity contribution in [3.63, 3.8) is 0 Å². The molecule has 0 saturated carbocycles. The Balaban J connectivity index is 1.79. The SMILES string of the molecule is Cc1sc2nc([C@@H](C)N3CCc4ccccc43)[nH]c(=O)c2c1C. The van der Waals surface area contributed by atoms with Crippen molar-refractivity contribution in [1.29, 1.82) is 0 Å². The van der Waals surface area contributed by atoms with E-state index in [9.17, 15) is 4.79 Å². The number of nitrogens with one attached hydrogen (secondary N) is 1. The van der Waals surface area contributed by atoms with Gasteiger partial charge in [0.15, 0.2) is 0 Å². The van der Waals surface area contributed by atoms with E-state index in [2.05, 4.69) is 41.1 Å². The van der Waals surface area contributed by atoms with E-state index in [0.29, 0.717) is 0 Å². The zero-order valence-corrected chi connectivity index (χ0v) is 14.3. The lowest BCUT2D eigenvalue weighted by atomic mass is 10.1. The summed E-state index contributed by atoms with van der Waals surface area (Å²) < 4.78 is 0. The Morgan fingerprint density at radius 3 is 2.91 bits per heavy atom. The van der Waals surface area contributed by atoms with Crippen LogP contribution in [0.5, 0.6) is 0 Å². The molecule has 4 rings (SSSR count). The molecule has 0 bridgehead atoms. The third-order valence-electron chi connectivity index (χ3n) is 4.84. The molecule has 4 nitrogen and oxygen atoms in total. The van der Waals surface area contributed by atoms with Crippen LogP contribution in [0.25, 0.3) is 10.2 Å². The number of para-hydroxylation sites is 1.